The smallest absolute Gasteiger partial charge is 0.303 e. The molecule has 0 radical (unpaired) electrons. The molecule has 0 atom stereocenters. The van der Waals surface area contributed by atoms with Crippen LogP contribution in [0.15, 0.2) is 60.7 Å². The number of carboxylic acids is 1. The van der Waals surface area contributed by atoms with E-state index in [2.05, 4.69) is 9.80 Å². The number of rotatable bonds is 8. The first-order valence-electron chi connectivity index (χ1n) is 12.8. The second-order valence-electron chi connectivity index (χ2n) is 9.61. The number of amides is 1. The molecule has 9 heteroatoms. The van der Waals surface area contributed by atoms with E-state index in [1.165, 1.54) is 0 Å². The number of nitrogens with two attached hydrogens (primary N) is 1. The number of nitrogens with zero attached hydrogens (tertiary/aromatic N) is 3. The van der Waals surface area contributed by atoms with E-state index >= 15 is 0 Å². The highest BCUT2D eigenvalue weighted by atomic mass is 16.4. The molecule has 1 aliphatic rings. The van der Waals surface area contributed by atoms with Crippen LogP contribution in [0, 0.1) is 10.8 Å². The van der Waals surface area contributed by atoms with E-state index < -0.39 is 5.97 Å². The summed E-state index contributed by atoms with van der Waals surface area (Å²) in [5.74, 6) is -0.687. The van der Waals surface area contributed by atoms with Crippen LogP contribution in [-0.2, 0) is 16.1 Å². The van der Waals surface area contributed by atoms with Crippen LogP contribution in [0.1, 0.15) is 37.3 Å². The highest BCUT2D eigenvalue weighted by Crippen LogP contribution is 2.26. The zero-order chi connectivity index (χ0) is 27.2. The topological polar surface area (TPSA) is 138 Å². The summed E-state index contributed by atoms with van der Waals surface area (Å²) in [5, 5.41) is 26.7. The van der Waals surface area contributed by atoms with Gasteiger partial charge in [-0.3, -0.25) is 20.4 Å². The van der Waals surface area contributed by atoms with Crippen LogP contribution >= 0.6 is 0 Å². The van der Waals surface area contributed by atoms with Crippen molar-refractivity contribution in [3.8, 4) is 0 Å². The fourth-order valence-corrected chi connectivity index (χ4v) is 4.77. The number of aliphatic carboxylic acids is 1. The molecular weight excluding hydrogens is 480 g/mol. The van der Waals surface area contributed by atoms with Gasteiger partial charge in [0.2, 0.25) is 5.91 Å². The Bertz CT molecular complexity index is 1350. The number of hydrogen-bond donors (Lipinski definition) is 4. The molecule has 0 bridgehead atoms. The molecule has 1 fully saturated rings. The van der Waals surface area contributed by atoms with Crippen LogP contribution in [0.3, 0.4) is 0 Å². The first-order valence-corrected chi connectivity index (χ1v) is 12.8. The third-order valence-electron chi connectivity index (χ3n) is 6.91. The van der Waals surface area contributed by atoms with Gasteiger partial charge in [0, 0.05) is 49.5 Å². The molecule has 1 saturated heterocycles. The number of carbonyl (C=O) groups is 2. The Morgan fingerprint density at radius 2 is 1.66 bits per heavy atom. The van der Waals surface area contributed by atoms with Crippen LogP contribution in [0.25, 0.3) is 10.8 Å². The first-order chi connectivity index (χ1) is 18.2. The highest BCUT2D eigenvalue weighted by Gasteiger charge is 2.20. The van der Waals surface area contributed by atoms with Crippen molar-refractivity contribution in [2.75, 3.05) is 36.0 Å². The van der Waals surface area contributed by atoms with Crippen molar-refractivity contribution in [3.63, 3.8) is 0 Å². The molecule has 1 aliphatic heterocycles. The van der Waals surface area contributed by atoms with Gasteiger partial charge in [0.05, 0.1) is 18.8 Å². The summed E-state index contributed by atoms with van der Waals surface area (Å²) in [7, 11) is 0. The Morgan fingerprint density at radius 3 is 2.34 bits per heavy atom. The number of carboxylic acid groups (broad SMARTS) is 1. The molecule has 1 amide bonds. The molecule has 3 aromatic carbocycles. The Hall–Kier alpha value is -4.40. The van der Waals surface area contributed by atoms with Crippen LogP contribution in [-0.4, -0.2) is 59.7 Å². The van der Waals surface area contributed by atoms with Gasteiger partial charge in [0.1, 0.15) is 5.84 Å². The van der Waals surface area contributed by atoms with Gasteiger partial charge in [-0.25, -0.2) is 0 Å². The molecule has 4 rings (SSSR count). The number of anilines is 2. The predicted molar refractivity (Wildman–Crippen MR) is 151 cm³/mol. The molecular formula is C29H34N6O3. The molecule has 5 N–H and O–H groups in total. The van der Waals surface area contributed by atoms with E-state index in [-0.39, 0.29) is 31.1 Å². The number of benzene rings is 3. The molecule has 38 heavy (non-hydrogen) atoms. The van der Waals surface area contributed by atoms with Crippen molar-refractivity contribution >= 4 is 45.7 Å². The van der Waals surface area contributed by atoms with Gasteiger partial charge < -0.3 is 25.5 Å². The number of nitrogens with one attached hydrogen (secondary N) is 2. The van der Waals surface area contributed by atoms with Crippen molar-refractivity contribution in [1.29, 1.82) is 10.8 Å². The number of carbonyl (C=O) groups excluding carboxylic acids is 1. The van der Waals surface area contributed by atoms with Crippen molar-refractivity contribution in [2.45, 2.75) is 32.7 Å². The Balaban J connectivity index is 1.58. The van der Waals surface area contributed by atoms with Crippen molar-refractivity contribution in [3.05, 3.63) is 71.8 Å². The monoisotopic (exact) mass is 514 g/mol. The summed E-state index contributed by atoms with van der Waals surface area (Å²) in [5.41, 5.74) is 8.94. The van der Waals surface area contributed by atoms with E-state index in [4.69, 9.17) is 21.7 Å². The van der Waals surface area contributed by atoms with Gasteiger partial charge in [-0.15, -0.1) is 0 Å². The highest BCUT2D eigenvalue weighted by molar-refractivity contribution is 5.99. The summed E-state index contributed by atoms with van der Waals surface area (Å²) in [6.07, 6.45) is 0.638. The van der Waals surface area contributed by atoms with Gasteiger partial charge in [-0.05, 0) is 66.1 Å². The molecule has 198 valence electrons. The molecule has 0 saturated carbocycles. The quantitative estimate of drug-likeness (QED) is 0.265. The maximum Gasteiger partial charge on any atom is 0.303 e. The third kappa shape index (κ3) is 6.47. The fraction of sp³-hybridized carbons (Fsp3) is 0.310. The van der Waals surface area contributed by atoms with Crippen LogP contribution in [0.2, 0.25) is 0 Å². The lowest BCUT2D eigenvalue weighted by atomic mass is 10.0. The minimum Gasteiger partial charge on any atom is -0.481 e. The lowest BCUT2D eigenvalue weighted by Crippen LogP contribution is -2.33. The van der Waals surface area contributed by atoms with Crippen molar-refractivity contribution in [2.24, 2.45) is 5.73 Å². The summed E-state index contributed by atoms with van der Waals surface area (Å²) in [4.78, 5) is 30.3. The van der Waals surface area contributed by atoms with Crippen LogP contribution in [0.4, 0.5) is 11.4 Å². The molecule has 9 nitrogen and oxygen atoms in total. The minimum atomic E-state index is -1.01. The second kappa shape index (κ2) is 11.8. The Labute approximate surface area is 222 Å². The van der Waals surface area contributed by atoms with Crippen molar-refractivity contribution in [1.82, 2.24) is 4.90 Å². The molecule has 1 heterocycles. The number of hydrogen-bond acceptors (Lipinski definition) is 5. The van der Waals surface area contributed by atoms with E-state index in [9.17, 15) is 9.59 Å². The van der Waals surface area contributed by atoms with Crippen LogP contribution in [0.5, 0.6) is 0 Å². The average Bonchev–Trinajstić information content (AvgIpc) is 3.17. The van der Waals surface area contributed by atoms with Gasteiger partial charge in [-0.2, -0.15) is 0 Å². The summed E-state index contributed by atoms with van der Waals surface area (Å²) in [6, 6.07) is 19.3. The average molecular weight is 515 g/mol. The van der Waals surface area contributed by atoms with Gasteiger partial charge >= 0.3 is 5.97 Å². The van der Waals surface area contributed by atoms with E-state index in [1.54, 1.807) is 4.90 Å². The Morgan fingerprint density at radius 1 is 0.921 bits per heavy atom. The lowest BCUT2D eigenvalue weighted by Gasteiger charge is -2.26. The fourth-order valence-electron chi connectivity index (χ4n) is 4.77. The number of nitrogen functional groups attached to an aromatic ring is 1. The van der Waals surface area contributed by atoms with Crippen LogP contribution < -0.4 is 15.5 Å². The largest absolute Gasteiger partial charge is 0.481 e. The van der Waals surface area contributed by atoms with Gasteiger partial charge in [-0.1, -0.05) is 24.3 Å². The van der Waals surface area contributed by atoms with Gasteiger partial charge in [0.15, 0.2) is 0 Å². The third-order valence-corrected chi connectivity index (χ3v) is 6.91. The zero-order valence-electron chi connectivity index (χ0n) is 21.6. The first kappa shape index (κ1) is 26.7. The normalized spacial score (nSPS) is 13.7. The summed E-state index contributed by atoms with van der Waals surface area (Å²) in [6.45, 7) is 5.48. The zero-order valence-corrected chi connectivity index (χ0v) is 21.6. The lowest BCUT2D eigenvalue weighted by molar-refractivity contribution is -0.138. The molecule has 0 aliphatic carbocycles. The maximum atomic E-state index is 13.2. The van der Waals surface area contributed by atoms with E-state index in [0.29, 0.717) is 17.1 Å². The number of fused-ring (bicyclic) bond motifs is 1. The van der Waals surface area contributed by atoms with E-state index in [1.807, 2.05) is 67.6 Å². The molecule has 0 aromatic heterocycles. The molecule has 3 aromatic rings. The predicted octanol–water partition coefficient (Wildman–Crippen LogP) is 4.03. The summed E-state index contributed by atoms with van der Waals surface area (Å²) >= 11 is 0. The second-order valence-corrected chi connectivity index (χ2v) is 9.61. The molecule has 0 spiro atoms. The van der Waals surface area contributed by atoms with E-state index in [0.717, 1.165) is 54.6 Å². The molecule has 0 unspecified atom stereocenters. The maximum absolute atomic E-state index is 13.2. The SMILES string of the molecule is CC(=N)N1CCCN(c2ccc(N(Cc3ccc4ccc(C(=N)N)cc4c3)C(=O)CCC(=O)O)cc2)CC1. The Kier molecular flexibility index (Phi) is 8.25. The minimum absolute atomic E-state index is 0.00653. The van der Waals surface area contributed by atoms with Gasteiger partial charge in [0.25, 0.3) is 0 Å². The standard InChI is InChI=1S/C29H34N6O3/c1-20(30)33-13-2-14-34(16-15-33)25-7-9-26(10-8-25)35(27(36)11-12-28(37)38)19-21-3-4-22-5-6-23(29(31)32)18-24(22)17-21/h3-10,17-18,30H,2,11-16,19H2,1H3,(H3,31,32)(H,37,38). The number of amidine groups is 2. The summed E-state index contributed by atoms with van der Waals surface area (Å²) < 4.78 is 0. The van der Waals surface area contributed by atoms with Crippen molar-refractivity contribution < 1.29 is 14.7 Å².